The number of aryl methyl sites for hydroxylation is 2. The summed E-state index contributed by atoms with van der Waals surface area (Å²) in [7, 11) is 1.27. The number of aliphatic imine (C=N–C) groups is 1. The molecule has 0 aliphatic carbocycles. The van der Waals surface area contributed by atoms with Gasteiger partial charge in [-0.1, -0.05) is 25.1 Å². The molecular formula is C24H26N4O5. The van der Waals surface area contributed by atoms with Gasteiger partial charge in [-0.05, 0) is 55.2 Å². The minimum atomic E-state index is -0.891. The molecule has 0 radical (unpaired) electrons. The van der Waals surface area contributed by atoms with Crippen LogP contribution in [-0.2, 0) is 22.4 Å². The average molecular weight is 450 g/mol. The van der Waals surface area contributed by atoms with Crippen molar-refractivity contribution in [2.24, 2.45) is 4.99 Å². The van der Waals surface area contributed by atoms with Crippen LogP contribution in [0.25, 0.3) is 5.69 Å². The van der Waals surface area contributed by atoms with E-state index in [4.69, 9.17) is 5.11 Å². The number of ether oxygens (including phenoxy) is 1. The number of methoxy groups -OCH3 is 1. The number of rotatable bonds is 9. The highest BCUT2D eigenvalue weighted by Gasteiger charge is 2.15. The van der Waals surface area contributed by atoms with Crippen molar-refractivity contribution in [3.05, 3.63) is 75.7 Å². The zero-order valence-electron chi connectivity index (χ0n) is 18.5. The fourth-order valence-corrected chi connectivity index (χ4v) is 3.35. The van der Waals surface area contributed by atoms with Crippen molar-refractivity contribution in [1.29, 1.82) is 0 Å². The molecule has 2 aromatic carbocycles. The number of carbonyl (C=O) groups excluding carboxylic acids is 1. The molecule has 3 aromatic rings. The number of aromatic amines is 1. The van der Waals surface area contributed by atoms with Crippen LogP contribution in [0.2, 0.25) is 0 Å². The van der Waals surface area contributed by atoms with E-state index in [2.05, 4.69) is 20.1 Å². The summed E-state index contributed by atoms with van der Waals surface area (Å²) in [5.74, 6) is -0.891. The molecule has 0 aliphatic rings. The topological polar surface area (TPSA) is 126 Å². The molecule has 1 heterocycles. The van der Waals surface area contributed by atoms with E-state index in [9.17, 15) is 14.4 Å². The van der Waals surface area contributed by atoms with Crippen LogP contribution in [0.1, 0.15) is 36.6 Å². The average Bonchev–Trinajstić information content (AvgIpc) is 3.13. The van der Waals surface area contributed by atoms with Crippen LogP contribution in [0.3, 0.4) is 0 Å². The fourth-order valence-electron chi connectivity index (χ4n) is 3.35. The van der Waals surface area contributed by atoms with Crippen LogP contribution in [0.15, 0.2) is 58.3 Å². The summed E-state index contributed by atoms with van der Waals surface area (Å²) in [5, 5.41) is 14.6. The summed E-state index contributed by atoms with van der Waals surface area (Å²) < 4.78 is 5.95. The van der Waals surface area contributed by atoms with Crippen LogP contribution in [-0.4, -0.2) is 40.3 Å². The van der Waals surface area contributed by atoms with Crippen molar-refractivity contribution in [2.45, 2.75) is 32.6 Å². The molecule has 0 bridgehead atoms. The minimum Gasteiger partial charge on any atom is -0.481 e. The second-order valence-electron chi connectivity index (χ2n) is 7.30. The van der Waals surface area contributed by atoms with Gasteiger partial charge in [0.1, 0.15) is 0 Å². The lowest BCUT2D eigenvalue weighted by molar-refractivity contribution is -0.137. The van der Waals surface area contributed by atoms with Gasteiger partial charge in [0.2, 0.25) is 0 Å². The number of para-hydroxylation sites is 1. The molecule has 0 fully saturated rings. The normalized spacial score (nSPS) is 11.0. The number of H-pyrrole nitrogens is 1. The summed E-state index contributed by atoms with van der Waals surface area (Å²) in [5.41, 5.74) is 3.60. The second-order valence-corrected chi connectivity index (χ2v) is 7.30. The molecule has 0 saturated carbocycles. The number of nitrogens with zero attached hydrogens (tertiary/aromatic N) is 2. The summed E-state index contributed by atoms with van der Waals surface area (Å²) in [6.07, 6.45) is 2.51. The van der Waals surface area contributed by atoms with E-state index in [0.29, 0.717) is 35.5 Å². The van der Waals surface area contributed by atoms with Crippen LogP contribution in [0.4, 0.5) is 16.2 Å². The van der Waals surface area contributed by atoms with Gasteiger partial charge in [0, 0.05) is 24.0 Å². The van der Waals surface area contributed by atoms with E-state index in [0.717, 1.165) is 17.7 Å². The molecule has 0 saturated heterocycles. The number of hydrogen-bond donors (Lipinski definition) is 3. The molecule has 33 heavy (non-hydrogen) atoms. The Morgan fingerprint density at radius 3 is 2.58 bits per heavy atom. The standard InChI is InChI=1S/C24H26N4O5/c1-3-16-7-4-5-8-20(16)25-15-19-21(9-6-10-22(29)30)27-28(23(19)31)18-13-11-17(12-14-18)26-24(32)33-2/h4-5,7-8,11-15,27H,3,6,9-10H2,1-2H3,(H,26,32)(H,29,30). The molecule has 0 unspecified atom stereocenters. The van der Waals surface area contributed by atoms with Crippen LogP contribution < -0.4 is 10.9 Å². The predicted octanol–water partition coefficient (Wildman–Crippen LogP) is 4.06. The molecule has 172 valence electrons. The third-order valence-electron chi connectivity index (χ3n) is 5.09. The molecule has 3 rings (SSSR count). The Kier molecular flexibility index (Phi) is 7.80. The Labute approximate surface area is 190 Å². The van der Waals surface area contributed by atoms with E-state index in [1.165, 1.54) is 18.0 Å². The number of nitrogens with one attached hydrogen (secondary N) is 2. The highest BCUT2D eigenvalue weighted by Crippen LogP contribution is 2.19. The third-order valence-corrected chi connectivity index (χ3v) is 5.09. The lowest BCUT2D eigenvalue weighted by Gasteiger charge is -2.06. The van der Waals surface area contributed by atoms with E-state index in [1.807, 2.05) is 31.2 Å². The van der Waals surface area contributed by atoms with Gasteiger partial charge in [-0.2, -0.15) is 0 Å². The van der Waals surface area contributed by atoms with Crippen molar-refractivity contribution in [2.75, 3.05) is 12.4 Å². The number of benzene rings is 2. The number of carboxylic acid groups (broad SMARTS) is 1. The number of carbonyl (C=O) groups is 2. The number of amides is 1. The predicted molar refractivity (Wildman–Crippen MR) is 126 cm³/mol. The Morgan fingerprint density at radius 2 is 1.91 bits per heavy atom. The van der Waals surface area contributed by atoms with Gasteiger partial charge >= 0.3 is 12.1 Å². The maximum absolute atomic E-state index is 13.2. The quantitative estimate of drug-likeness (QED) is 0.424. The molecule has 9 heteroatoms. The first-order chi connectivity index (χ1) is 15.9. The maximum Gasteiger partial charge on any atom is 0.411 e. The highest BCUT2D eigenvalue weighted by atomic mass is 16.5. The zero-order chi connectivity index (χ0) is 23.8. The summed E-state index contributed by atoms with van der Waals surface area (Å²) >= 11 is 0. The summed E-state index contributed by atoms with van der Waals surface area (Å²) in [6.45, 7) is 2.04. The van der Waals surface area contributed by atoms with Gasteiger partial charge in [0.05, 0.1) is 24.0 Å². The molecule has 1 amide bonds. The van der Waals surface area contributed by atoms with Crippen LogP contribution in [0.5, 0.6) is 0 Å². The van der Waals surface area contributed by atoms with Crippen molar-refractivity contribution in [3.63, 3.8) is 0 Å². The van der Waals surface area contributed by atoms with Gasteiger partial charge < -0.3 is 9.84 Å². The lowest BCUT2D eigenvalue weighted by atomic mass is 10.1. The molecule has 9 nitrogen and oxygen atoms in total. The molecular weight excluding hydrogens is 424 g/mol. The smallest absolute Gasteiger partial charge is 0.411 e. The van der Waals surface area contributed by atoms with Gasteiger partial charge in [0.25, 0.3) is 5.56 Å². The fraction of sp³-hybridized carbons (Fsp3) is 0.250. The number of aliphatic carboxylic acids is 1. The summed E-state index contributed by atoms with van der Waals surface area (Å²) in [6, 6.07) is 14.4. The van der Waals surface area contributed by atoms with Crippen molar-refractivity contribution >= 4 is 29.7 Å². The van der Waals surface area contributed by atoms with E-state index >= 15 is 0 Å². The Bertz CT molecular complexity index is 1210. The second kappa shape index (κ2) is 10.9. The van der Waals surface area contributed by atoms with E-state index < -0.39 is 12.1 Å². The van der Waals surface area contributed by atoms with E-state index in [-0.39, 0.29) is 12.0 Å². The first kappa shape index (κ1) is 23.5. The Balaban J connectivity index is 1.96. The Hall–Kier alpha value is -4.14. The lowest BCUT2D eigenvalue weighted by Crippen LogP contribution is -2.17. The maximum atomic E-state index is 13.2. The zero-order valence-corrected chi connectivity index (χ0v) is 18.5. The van der Waals surface area contributed by atoms with Crippen LogP contribution in [0, 0.1) is 0 Å². The van der Waals surface area contributed by atoms with Gasteiger partial charge in [-0.3, -0.25) is 25.0 Å². The third kappa shape index (κ3) is 5.97. The van der Waals surface area contributed by atoms with E-state index in [1.54, 1.807) is 24.3 Å². The van der Waals surface area contributed by atoms with Gasteiger partial charge in [-0.15, -0.1) is 0 Å². The molecule has 0 atom stereocenters. The number of anilines is 1. The van der Waals surface area contributed by atoms with Gasteiger partial charge in [0.15, 0.2) is 0 Å². The molecule has 3 N–H and O–H groups in total. The SMILES string of the molecule is CCc1ccccc1N=Cc1c(CCCC(=O)O)[nH]n(-c2ccc(NC(=O)OC)cc2)c1=O. The van der Waals surface area contributed by atoms with Crippen LogP contribution >= 0.6 is 0 Å². The summed E-state index contributed by atoms with van der Waals surface area (Å²) in [4.78, 5) is 40.1. The highest BCUT2D eigenvalue weighted by molar-refractivity contribution is 5.85. The first-order valence-corrected chi connectivity index (χ1v) is 10.6. The Morgan fingerprint density at radius 1 is 1.18 bits per heavy atom. The molecule has 1 aromatic heterocycles. The molecule has 0 spiro atoms. The molecule has 0 aliphatic heterocycles. The monoisotopic (exact) mass is 450 g/mol. The van der Waals surface area contributed by atoms with Crippen molar-refractivity contribution < 1.29 is 19.4 Å². The van der Waals surface area contributed by atoms with Gasteiger partial charge in [-0.25, -0.2) is 9.48 Å². The number of hydrogen-bond acceptors (Lipinski definition) is 5. The number of carboxylic acids is 1. The number of aromatic nitrogens is 2. The minimum absolute atomic E-state index is 0.00362. The van der Waals surface area contributed by atoms with Crippen molar-refractivity contribution in [1.82, 2.24) is 9.78 Å². The van der Waals surface area contributed by atoms with Crippen molar-refractivity contribution in [3.8, 4) is 5.69 Å². The first-order valence-electron chi connectivity index (χ1n) is 10.6. The largest absolute Gasteiger partial charge is 0.481 e.